The molecule has 1 N–H and O–H groups in total. The Labute approximate surface area is 154 Å². The van der Waals surface area contributed by atoms with Crippen molar-refractivity contribution in [2.75, 3.05) is 26.3 Å². The summed E-state index contributed by atoms with van der Waals surface area (Å²) in [6, 6.07) is 0. The Kier molecular flexibility index (Phi) is 6.46. The highest BCUT2D eigenvalue weighted by Crippen LogP contribution is 2.48. The summed E-state index contributed by atoms with van der Waals surface area (Å²) in [6.07, 6.45) is 8.72. The van der Waals surface area contributed by atoms with Gasteiger partial charge in [0.05, 0.1) is 18.8 Å². The normalized spacial score (nSPS) is 36.6. The van der Waals surface area contributed by atoms with Crippen LogP contribution < -0.4 is 5.32 Å². The van der Waals surface area contributed by atoms with Gasteiger partial charge in [0.15, 0.2) is 5.79 Å². The minimum absolute atomic E-state index is 0.256. The van der Waals surface area contributed by atoms with Crippen LogP contribution in [0.2, 0.25) is 0 Å². The molecule has 2 aliphatic heterocycles. The summed E-state index contributed by atoms with van der Waals surface area (Å²) < 4.78 is 18.2. The van der Waals surface area contributed by atoms with Crippen LogP contribution in [0.5, 0.6) is 0 Å². The first-order chi connectivity index (χ1) is 11.9. The van der Waals surface area contributed by atoms with Crippen LogP contribution in [-0.2, 0) is 14.2 Å². The van der Waals surface area contributed by atoms with Crippen LogP contribution in [0.25, 0.3) is 0 Å². The number of hydrogen-bond donors (Lipinski definition) is 1. The van der Waals surface area contributed by atoms with E-state index in [2.05, 4.69) is 33.0 Å². The third-order valence-electron chi connectivity index (χ3n) is 7.24. The lowest BCUT2D eigenvalue weighted by molar-refractivity contribution is -0.198. The molecule has 0 aromatic heterocycles. The molecule has 3 rings (SSSR count). The highest BCUT2D eigenvalue weighted by atomic mass is 16.7. The van der Waals surface area contributed by atoms with Crippen LogP contribution in [-0.4, -0.2) is 44.3 Å². The molecule has 2 atom stereocenters. The van der Waals surface area contributed by atoms with E-state index in [1.165, 1.54) is 25.7 Å². The van der Waals surface area contributed by atoms with Crippen LogP contribution >= 0.6 is 0 Å². The molecule has 0 aromatic carbocycles. The second kappa shape index (κ2) is 8.24. The van der Waals surface area contributed by atoms with Crippen LogP contribution in [0.4, 0.5) is 0 Å². The van der Waals surface area contributed by atoms with Crippen molar-refractivity contribution < 1.29 is 14.2 Å². The van der Waals surface area contributed by atoms with Gasteiger partial charge in [-0.15, -0.1) is 0 Å². The average Bonchev–Trinajstić information content (AvgIpc) is 3.22. The van der Waals surface area contributed by atoms with E-state index in [-0.39, 0.29) is 11.9 Å². The standard InChI is InChI=1S/C21H39NO3/c1-16(2)20(3,4)17-7-10-21(11-8-17)24-15-19(25-21)9-12-22-14-18-6-5-13-23-18/h16-19,22H,5-15H2,1-4H3. The maximum absolute atomic E-state index is 6.39. The van der Waals surface area contributed by atoms with Gasteiger partial charge in [0.2, 0.25) is 0 Å². The first-order valence-corrected chi connectivity index (χ1v) is 10.6. The van der Waals surface area contributed by atoms with Gasteiger partial charge in [-0.25, -0.2) is 0 Å². The van der Waals surface area contributed by atoms with Crippen LogP contribution in [0, 0.1) is 17.3 Å². The molecule has 1 spiro atoms. The van der Waals surface area contributed by atoms with Gasteiger partial charge in [-0.2, -0.15) is 0 Å². The quantitative estimate of drug-likeness (QED) is 0.699. The van der Waals surface area contributed by atoms with E-state index in [0.29, 0.717) is 11.5 Å². The largest absolute Gasteiger partial charge is 0.377 e. The second-order valence-corrected chi connectivity index (χ2v) is 9.34. The van der Waals surface area contributed by atoms with Gasteiger partial charge in [-0.3, -0.25) is 0 Å². The summed E-state index contributed by atoms with van der Waals surface area (Å²) >= 11 is 0. The fraction of sp³-hybridized carbons (Fsp3) is 1.00. The SMILES string of the molecule is CC(C)C(C)(C)C1CCC2(CC1)OCC(CCNCC1CCCO1)O2. The monoisotopic (exact) mass is 353 g/mol. The minimum atomic E-state index is -0.275. The van der Waals surface area contributed by atoms with Crippen molar-refractivity contribution >= 4 is 0 Å². The second-order valence-electron chi connectivity index (χ2n) is 9.34. The molecule has 3 fully saturated rings. The van der Waals surface area contributed by atoms with Crippen LogP contribution in [0.15, 0.2) is 0 Å². The molecule has 146 valence electrons. The van der Waals surface area contributed by atoms with Crippen molar-refractivity contribution in [1.82, 2.24) is 5.32 Å². The first-order valence-electron chi connectivity index (χ1n) is 10.6. The molecule has 2 heterocycles. The number of nitrogens with one attached hydrogen (secondary N) is 1. The third-order valence-corrected chi connectivity index (χ3v) is 7.24. The molecule has 4 heteroatoms. The van der Waals surface area contributed by atoms with E-state index in [9.17, 15) is 0 Å². The molecule has 0 aromatic rings. The van der Waals surface area contributed by atoms with Crippen molar-refractivity contribution in [3.8, 4) is 0 Å². The van der Waals surface area contributed by atoms with E-state index in [1.54, 1.807) is 0 Å². The predicted molar refractivity (Wildman–Crippen MR) is 101 cm³/mol. The summed E-state index contributed by atoms with van der Waals surface area (Å²) in [5.74, 6) is 1.24. The first kappa shape index (κ1) is 19.6. The highest BCUT2D eigenvalue weighted by molar-refractivity contribution is 4.91. The van der Waals surface area contributed by atoms with E-state index in [1.807, 2.05) is 0 Å². The molecule has 0 bridgehead atoms. The lowest BCUT2D eigenvalue weighted by atomic mass is 9.64. The molecule has 25 heavy (non-hydrogen) atoms. The molecule has 4 nitrogen and oxygen atoms in total. The lowest BCUT2D eigenvalue weighted by Gasteiger charge is -2.44. The summed E-state index contributed by atoms with van der Waals surface area (Å²) in [6.45, 7) is 13.2. The summed E-state index contributed by atoms with van der Waals surface area (Å²) in [5, 5.41) is 3.52. The van der Waals surface area contributed by atoms with E-state index < -0.39 is 0 Å². The smallest absolute Gasteiger partial charge is 0.168 e. The Morgan fingerprint density at radius 2 is 1.88 bits per heavy atom. The molecule has 3 aliphatic rings. The summed E-state index contributed by atoms with van der Waals surface area (Å²) in [4.78, 5) is 0. The van der Waals surface area contributed by atoms with Crippen LogP contribution in [0.3, 0.4) is 0 Å². The Morgan fingerprint density at radius 3 is 2.52 bits per heavy atom. The molecule has 2 saturated heterocycles. The van der Waals surface area contributed by atoms with Crippen molar-refractivity contribution in [1.29, 1.82) is 0 Å². The van der Waals surface area contributed by atoms with Gasteiger partial charge in [0.25, 0.3) is 0 Å². The topological polar surface area (TPSA) is 39.7 Å². The summed E-state index contributed by atoms with van der Waals surface area (Å²) in [7, 11) is 0. The molecule has 1 saturated carbocycles. The molecular formula is C21H39NO3. The zero-order chi connectivity index (χ0) is 17.9. The molecule has 0 radical (unpaired) electrons. The molecule has 1 aliphatic carbocycles. The van der Waals surface area contributed by atoms with Gasteiger partial charge in [-0.1, -0.05) is 27.7 Å². The van der Waals surface area contributed by atoms with Gasteiger partial charge in [-0.05, 0) is 55.9 Å². The molecule has 2 unspecified atom stereocenters. The summed E-state index contributed by atoms with van der Waals surface area (Å²) in [5.41, 5.74) is 0.409. The zero-order valence-corrected chi connectivity index (χ0v) is 16.8. The maximum Gasteiger partial charge on any atom is 0.168 e. The molecule has 0 amide bonds. The average molecular weight is 354 g/mol. The predicted octanol–water partition coefficient (Wildman–Crippen LogP) is 4.13. The van der Waals surface area contributed by atoms with Gasteiger partial charge in [0.1, 0.15) is 0 Å². The number of rotatable bonds is 7. The fourth-order valence-electron chi connectivity index (χ4n) is 4.63. The fourth-order valence-corrected chi connectivity index (χ4v) is 4.63. The van der Waals surface area contributed by atoms with Crippen molar-refractivity contribution in [3.05, 3.63) is 0 Å². The Balaban J connectivity index is 1.36. The minimum Gasteiger partial charge on any atom is -0.377 e. The van der Waals surface area contributed by atoms with Crippen molar-refractivity contribution in [3.63, 3.8) is 0 Å². The van der Waals surface area contributed by atoms with Crippen molar-refractivity contribution in [2.45, 2.75) is 90.6 Å². The molecular weight excluding hydrogens is 314 g/mol. The number of ether oxygens (including phenoxy) is 3. The Morgan fingerprint density at radius 1 is 1.12 bits per heavy atom. The van der Waals surface area contributed by atoms with Gasteiger partial charge in [0, 0.05) is 26.0 Å². The highest BCUT2D eigenvalue weighted by Gasteiger charge is 2.46. The lowest BCUT2D eigenvalue weighted by Crippen LogP contribution is -2.41. The Hall–Kier alpha value is -0.160. The third kappa shape index (κ3) is 4.77. The maximum atomic E-state index is 6.39. The van der Waals surface area contributed by atoms with E-state index in [0.717, 1.165) is 57.4 Å². The van der Waals surface area contributed by atoms with Gasteiger partial charge < -0.3 is 19.5 Å². The zero-order valence-electron chi connectivity index (χ0n) is 16.8. The Bertz CT molecular complexity index is 409. The number of hydrogen-bond acceptors (Lipinski definition) is 4. The van der Waals surface area contributed by atoms with Crippen LogP contribution in [0.1, 0.15) is 72.6 Å². The van der Waals surface area contributed by atoms with E-state index in [4.69, 9.17) is 14.2 Å². The van der Waals surface area contributed by atoms with Crippen molar-refractivity contribution in [2.24, 2.45) is 17.3 Å². The van der Waals surface area contributed by atoms with Gasteiger partial charge >= 0.3 is 0 Å². The van der Waals surface area contributed by atoms with E-state index >= 15 is 0 Å².